The second kappa shape index (κ2) is 15.0. The molecule has 0 heterocycles. The molecule has 0 unspecified atom stereocenters. The molecule has 2 aromatic rings. The van der Waals surface area contributed by atoms with Gasteiger partial charge in [-0.05, 0) is 61.1 Å². The highest BCUT2D eigenvalue weighted by molar-refractivity contribution is 5.93. The average molecular weight is 437 g/mol. The van der Waals surface area contributed by atoms with Crippen molar-refractivity contribution in [3.63, 3.8) is 0 Å². The highest BCUT2D eigenvalue weighted by atomic mass is 16.5. The largest absolute Gasteiger partial charge is 0.423 e. The number of unbranched alkanes of at least 4 members (excludes halogenated alkanes) is 6. The molecule has 0 spiro atoms. The number of hydrogen-bond donors (Lipinski definition) is 0. The third-order valence-electron chi connectivity index (χ3n) is 5.28. The van der Waals surface area contributed by atoms with Gasteiger partial charge < -0.3 is 9.47 Å². The first-order valence-electron chi connectivity index (χ1n) is 11.9. The first kappa shape index (κ1) is 25.4. The lowest BCUT2D eigenvalue weighted by Gasteiger charge is -2.05. The van der Waals surface area contributed by atoms with E-state index in [1.807, 2.05) is 24.3 Å². The van der Waals surface area contributed by atoms with Crippen LogP contribution in [0.3, 0.4) is 0 Å². The van der Waals surface area contributed by atoms with Crippen molar-refractivity contribution in [2.24, 2.45) is 0 Å². The third-order valence-corrected chi connectivity index (χ3v) is 5.28. The van der Waals surface area contributed by atoms with E-state index in [1.165, 1.54) is 62.5 Å². The maximum Gasteiger partial charge on any atom is 0.336 e. The van der Waals surface area contributed by atoms with Crippen molar-refractivity contribution in [3.05, 3.63) is 71.8 Å². The standard InChI is InChI=1S/C28H36O4/c1-3-5-7-9-11-23-13-17-25(18-14-23)31-27(29)21-22-28(30)32-26-19-15-24(16-20-26)12-10-8-6-4-2/h13-22H,3-12H2,1-2H3/b22-21+. The molecule has 2 aromatic carbocycles. The van der Waals surface area contributed by atoms with Crippen LogP contribution < -0.4 is 9.47 Å². The first-order chi connectivity index (χ1) is 15.6. The summed E-state index contributed by atoms with van der Waals surface area (Å²) in [7, 11) is 0. The number of hydrogen-bond acceptors (Lipinski definition) is 4. The zero-order valence-corrected chi connectivity index (χ0v) is 19.5. The summed E-state index contributed by atoms with van der Waals surface area (Å²) in [5, 5.41) is 0. The van der Waals surface area contributed by atoms with E-state index < -0.39 is 11.9 Å². The van der Waals surface area contributed by atoms with Crippen LogP contribution in [-0.4, -0.2) is 11.9 Å². The molecule has 32 heavy (non-hydrogen) atoms. The van der Waals surface area contributed by atoms with Crippen LogP contribution in [0.15, 0.2) is 60.7 Å². The van der Waals surface area contributed by atoms with Gasteiger partial charge in [-0.25, -0.2) is 9.59 Å². The van der Waals surface area contributed by atoms with Gasteiger partial charge in [0.2, 0.25) is 0 Å². The first-order valence-corrected chi connectivity index (χ1v) is 11.9. The highest BCUT2D eigenvalue weighted by Crippen LogP contribution is 2.16. The van der Waals surface area contributed by atoms with Gasteiger partial charge >= 0.3 is 11.9 Å². The molecule has 0 atom stereocenters. The Morgan fingerprint density at radius 3 is 1.31 bits per heavy atom. The minimum absolute atomic E-state index is 0.458. The van der Waals surface area contributed by atoms with Crippen molar-refractivity contribution in [3.8, 4) is 11.5 Å². The summed E-state index contributed by atoms with van der Waals surface area (Å²) in [5.41, 5.74) is 2.46. The molecule has 0 N–H and O–H groups in total. The zero-order chi connectivity index (χ0) is 23.0. The van der Waals surface area contributed by atoms with Crippen molar-refractivity contribution >= 4 is 11.9 Å². The van der Waals surface area contributed by atoms with Gasteiger partial charge in [0, 0.05) is 12.2 Å². The molecule has 0 aliphatic carbocycles. The lowest BCUT2D eigenvalue weighted by Crippen LogP contribution is -2.08. The third kappa shape index (κ3) is 10.4. The lowest BCUT2D eigenvalue weighted by molar-refractivity contribution is -0.131. The Bertz CT molecular complexity index is 763. The Kier molecular flexibility index (Phi) is 11.9. The van der Waals surface area contributed by atoms with Gasteiger partial charge in [-0.15, -0.1) is 0 Å². The highest BCUT2D eigenvalue weighted by Gasteiger charge is 2.05. The normalized spacial score (nSPS) is 10.9. The van der Waals surface area contributed by atoms with Crippen molar-refractivity contribution in [1.29, 1.82) is 0 Å². The molecular weight excluding hydrogens is 400 g/mol. The Hall–Kier alpha value is -2.88. The molecule has 0 bridgehead atoms. The minimum Gasteiger partial charge on any atom is -0.423 e. The van der Waals surface area contributed by atoms with Gasteiger partial charge in [0.15, 0.2) is 0 Å². The Balaban J connectivity index is 1.73. The number of ether oxygens (including phenoxy) is 2. The topological polar surface area (TPSA) is 52.6 Å². The van der Waals surface area contributed by atoms with E-state index in [1.54, 1.807) is 24.3 Å². The van der Waals surface area contributed by atoms with Crippen molar-refractivity contribution in [2.45, 2.75) is 78.1 Å². The summed E-state index contributed by atoms with van der Waals surface area (Å²) in [6.45, 7) is 4.40. The van der Waals surface area contributed by atoms with E-state index in [0.717, 1.165) is 25.0 Å². The van der Waals surface area contributed by atoms with Crippen molar-refractivity contribution in [2.75, 3.05) is 0 Å². The van der Waals surface area contributed by atoms with Crippen LogP contribution in [0.1, 0.15) is 76.3 Å². The molecule has 0 radical (unpaired) electrons. The van der Waals surface area contributed by atoms with Gasteiger partial charge in [0.05, 0.1) is 0 Å². The number of carbonyl (C=O) groups is 2. The fourth-order valence-corrected chi connectivity index (χ4v) is 3.40. The SMILES string of the molecule is CCCCCCc1ccc(OC(=O)/C=C/C(=O)Oc2ccc(CCCCCC)cc2)cc1. The predicted molar refractivity (Wildman–Crippen MR) is 129 cm³/mol. The minimum atomic E-state index is -0.611. The molecule has 0 aromatic heterocycles. The van der Waals surface area contributed by atoms with Crippen molar-refractivity contribution < 1.29 is 19.1 Å². The summed E-state index contributed by atoms with van der Waals surface area (Å²) < 4.78 is 10.5. The van der Waals surface area contributed by atoms with Crippen LogP contribution in [0.2, 0.25) is 0 Å². The molecule has 0 saturated carbocycles. The molecule has 4 nitrogen and oxygen atoms in total. The smallest absolute Gasteiger partial charge is 0.336 e. The molecular formula is C28H36O4. The van der Waals surface area contributed by atoms with E-state index in [9.17, 15) is 9.59 Å². The predicted octanol–water partition coefficient (Wildman–Crippen LogP) is 7.00. The molecule has 2 rings (SSSR count). The number of rotatable bonds is 14. The number of carbonyl (C=O) groups excluding carboxylic acids is 2. The summed E-state index contributed by atoms with van der Waals surface area (Å²) in [4.78, 5) is 23.9. The molecule has 4 heteroatoms. The van der Waals surface area contributed by atoms with Gasteiger partial charge in [-0.2, -0.15) is 0 Å². The van der Waals surface area contributed by atoms with Crippen LogP contribution in [0.25, 0.3) is 0 Å². The fourth-order valence-electron chi connectivity index (χ4n) is 3.40. The van der Waals surface area contributed by atoms with Gasteiger partial charge in [-0.1, -0.05) is 76.6 Å². The monoisotopic (exact) mass is 436 g/mol. The number of esters is 2. The Labute approximate surface area is 192 Å². The van der Waals surface area contributed by atoms with Gasteiger partial charge in [0.1, 0.15) is 11.5 Å². The number of aryl methyl sites for hydroxylation is 2. The quantitative estimate of drug-likeness (QED) is 0.138. The van der Waals surface area contributed by atoms with E-state index in [4.69, 9.17) is 9.47 Å². The van der Waals surface area contributed by atoms with E-state index in [0.29, 0.717) is 11.5 Å². The summed E-state index contributed by atoms with van der Waals surface area (Å²) in [6, 6.07) is 15.0. The maximum atomic E-state index is 12.0. The van der Waals surface area contributed by atoms with Crippen LogP contribution in [0.5, 0.6) is 11.5 Å². The van der Waals surface area contributed by atoms with E-state index in [-0.39, 0.29) is 0 Å². The molecule has 0 saturated heterocycles. The Morgan fingerprint density at radius 1 is 0.594 bits per heavy atom. The maximum absolute atomic E-state index is 12.0. The zero-order valence-electron chi connectivity index (χ0n) is 19.5. The summed E-state index contributed by atoms with van der Waals surface area (Å²) in [5.74, 6) is -0.306. The van der Waals surface area contributed by atoms with Crippen LogP contribution in [0, 0.1) is 0 Å². The molecule has 0 aliphatic rings. The summed E-state index contributed by atoms with van der Waals surface area (Å²) >= 11 is 0. The van der Waals surface area contributed by atoms with Crippen molar-refractivity contribution in [1.82, 2.24) is 0 Å². The molecule has 0 aliphatic heterocycles. The molecule has 0 amide bonds. The second-order valence-corrected chi connectivity index (χ2v) is 8.08. The lowest BCUT2D eigenvalue weighted by atomic mass is 10.1. The summed E-state index contributed by atoms with van der Waals surface area (Å²) in [6.07, 6.45) is 14.0. The van der Waals surface area contributed by atoms with E-state index in [2.05, 4.69) is 13.8 Å². The van der Waals surface area contributed by atoms with Crippen LogP contribution >= 0.6 is 0 Å². The van der Waals surface area contributed by atoms with Gasteiger partial charge in [0.25, 0.3) is 0 Å². The van der Waals surface area contributed by atoms with Gasteiger partial charge in [-0.3, -0.25) is 0 Å². The fraction of sp³-hybridized carbons (Fsp3) is 0.429. The molecule has 172 valence electrons. The molecule has 0 fully saturated rings. The van der Waals surface area contributed by atoms with Crippen LogP contribution in [-0.2, 0) is 22.4 Å². The second-order valence-electron chi connectivity index (χ2n) is 8.08. The number of benzene rings is 2. The Morgan fingerprint density at radius 2 is 0.969 bits per heavy atom. The average Bonchev–Trinajstić information content (AvgIpc) is 2.80. The van der Waals surface area contributed by atoms with E-state index >= 15 is 0 Å². The van der Waals surface area contributed by atoms with Crippen LogP contribution in [0.4, 0.5) is 0 Å².